The molecule has 0 bridgehead atoms. The van der Waals surface area contributed by atoms with Crippen LogP contribution in [-0.2, 0) is 4.74 Å². The molecule has 0 aliphatic heterocycles. The van der Waals surface area contributed by atoms with Crippen molar-refractivity contribution in [1.29, 1.82) is 0 Å². The minimum Gasteiger partial charge on any atom is -0.618 e. The Balaban J connectivity index is 2.28. The Kier molecular flexibility index (Phi) is 3.99. The topological polar surface area (TPSA) is 98.0 Å². The van der Waals surface area contributed by atoms with E-state index in [0.717, 1.165) is 6.07 Å². The normalized spacial score (nSPS) is 11.2. The first-order valence-corrected chi connectivity index (χ1v) is 7.49. The predicted octanol–water partition coefficient (Wildman–Crippen LogP) is 1.31. The van der Waals surface area contributed by atoms with E-state index in [1.165, 1.54) is 36.3 Å². The van der Waals surface area contributed by atoms with Crippen LogP contribution in [0.15, 0.2) is 30.9 Å². The lowest BCUT2D eigenvalue weighted by molar-refractivity contribution is -0.635. The molecule has 1 aromatic carbocycles. The summed E-state index contributed by atoms with van der Waals surface area (Å²) >= 11 is 0. The van der Waals surface area contributed by atoms with Gasteiger partial charge in [0.05, 0.1) is 24.2 Å². The summed E-state index contributed by atoms with van der Waals surface area (Å²) in [6.45, 7) is 4.56. The molecular formula is C16H15FN4O4. The minimum absolute atomic E-state index is 0.0616. The lowest BCUT2D eigenvalue weighted by Gasteiger charge is -2.13. The van der Waals surface area contributed by atoms with Crippen LogP contribution in [0, 0.1) is 23.2 Å². The van der Waals surface area contributed by atoms with Crippen molar-refractivity contribution in [3.63, 3.8) is 0 Å². The van der Waals surface area contributed by atoms with Crippen molar-refractivity contribution in [2.45, 2.75) is 26.9 Å². The number of aromatic nitrogens is 4. The van der Waals surface area contributed by atoms with E-state index in [0.29, 0.717) is 4.73 Å². The molecule has 0 atom stereocenters. The zero-order valence-electron chi connectivity index (χ0n) is 13.8. The summed E-state index contributed by atoms with van der Waals surface area (Å²) in [6.07, 6.45) is 3.86. The van der Waals surface area contributed by atoms with Gasteiger partial charge in [0.2, 0.25) is 0 Å². The van der Waals surface area contributed by atoms with Crippen molar-refractivity contribution < 1.29 is 23.4 Å². The van der Waals surface area contributed by atoms with Gasteiger partial charge in [0.25, 0.3) is 16.7 Å². The molecule has 130 valence electrons. The summed E-state index contributed by atoms with van der Waals surface area (Å²) in [6, 6.07) is 2.15. The molecule has 0 unspecified atom stereocenters. The molecule has 0 radical (unpaired) electrons. The van der Waals surface area contributed by atoms with E-state index in [1.807, 2.05) is 0 Å². The van der Waals surface area contributed by atoms with E-state index in [2.05, 4.69) is 4.98 Å². The van der Waals surface area contributed by atoms with Crippen molar-refractivity contribution in [3.8, 4) is 5.69 Å². The second-order valence-electron chi connectivity index (χ2n) is 5.74. The predicted molar refractivity (Wildman–Crippen MR) is 84.2 cm³/mol. The lowest BCUT2D eigenvalue weighted by Crippen LogP contribution is -2.47. The highest BCUT2D eigenvalue weighted by Crippen LogP contribution is 2.19. The number of rotatable bonds is 3. The van der Waals surface area contributed by atoms with Crippen LogP contribution in [0.4, 0.5) is 4.39 Å². The molecule has 0 spiro atoms. The summed E-state index contributed by atoms with van der Waals surface area (Å²) in [5.74, 6) is -1.67. The van der Waals surface area contributed by atoms with Crippen molar-refractivity contribution in [3.05, 3.63) is 58.5 Å². The Morgan fingerprint density at radius 2 is 1.96 bits per heavy atom. The van der Waals surface area contributed by atoms with Crippen molar-refractivity contribution in [2.75, 3.05) is 0 Å². The van der Waals surface area contributed by atoms with Crippen LogP contribution >= 0.6 is 0 Å². The molecule has 9 heteroatoms. The first-order valence-electron chi connectivity index (χ1n) is 7.49. The van der Waals surface area contributed by atoms with Crippen LogP contribution in [0.2, 0.25) is 0 Å². The molecule has 8 nitrogen and oxygen atoms in total. The largest absolute Gasteiger partial charge is 0.618 e. The van der Waals surface area contributed by atoms with E-state index in [1.54, 1.807) is 13.8 Å². The number of carbonyl (C=O) groups is 1. The van der Waals surface area contributed by atoms with Crippen molar-refractivity contribution in [1.82, 2.24) is 9.55 Å². The molecule has 3 rings (SSSR count). The van der Waals surface area contributed by atoms with Crippen LogP contribution in [-0.4, -0.2) is 21.6 Å². The fourth-order valence-electron chi connectivity index (χ4n) is 2.51. The minimum atomic E-state index is -0.937. The maximum Gasteiger partial charge on any atom is 0.412 e. The smallest absolute Gasteiger partial charge is 0.412 e. The third-order valence-corrected chi connectivity index (χ3v) is 3.65. The lowest BCUT2D eigenvalue weighted by atomic mass is 10.2. The molecule has 0 fully saturated rings. The number of hydrogen-bond donors (Lipinski definition) is 0. The quantitative estimate of drug-likeness (QED) is 0.404. The van der Waals surface area contributed by atoms with E-state index < -0.39 is 23.6 Å². The number of nitrogens with zero attached hydrogens (tertiary/aromatic N) is 4. The number of carbonyl (C=O) groups excluding carboxylic acids is 1. The van der Waals surface area contributed by atoms with Crippen LogP contribution in [0.25, 0.3) is 16.7 Å². The van der Waals surface area contributed by atoms with E-state index in [-0.39, 0.29) is 27.1 Å². The van der Waals surface area contributed by atoms with Gasteiger partial charge in [-0.15, -0.1) is 4.73 Å². The highest BCUT2D eigenvalue weighted by Gasteiger charge is 2.33. The average Bonchev–Trinajstić information content (AvgIpc) is 3.06. The average molecular weight is 346 g/mol. The van der Waals surface area contributed by atoms with E-state index in [4.69, 9.17) is 4.74 Å². The molecule has 3 aromatic rings. The zero-order valence-corrected chi connectivity index (χ0v) is 13.8. The SMILES string of the molecule is Cc1c(C(=O)OC(C)C)[n+]([O-])c2cc(F)c(-n3ccnc3)cc2[n+]1[O-]. The summed E-state index contributed by atoms with van der Waals surface area (Å²) < 4.78 is 21.4. The van der Waals surface area contributed by atoms with Gasteiger partial charge in [-0.05, 0) is 13.8 Å². The zero-order chi connectivity index (χ0) is 18.3. The van der Waals surface area contributed by atoms with Crippen LogP contribution in [0.3, 0.4) is 0 Å². The van der Waals surface area contributed by atoms with Gasteiger partial charge >= 0.3 is 11.7 Å². The third kappa shape index (κ3) is 2.73. The number of imidazole rings is 1. The Morgan fingerprint density at radius 1 is 1.28 bits per heavy atom. The molecular weight excluding hydrogens is 331 g/mol. The standard InChI is InChI=1S/C16H15FN4O4/c1-9(2)25-16(22)15-10(3)20(23)14-7-12(19-5-4-18-8-19)11(17)6-13(14)21(15)24/h4-9H,1-3H3. The highest BCUT2D eigenvalue weighted by molar-refractivity contribution is 5.87. The molecule has 2 heterocycles. The Labute approximate surface area is 141 Å². The highest BCUT2D eigenvalue weighted by atomic mass is 19.1. The molecule has 25 heavy (non-hydrogen) atoms. The summed E-state index contributed by atoms with van der Waals surface area (Å²) in [5, 5.41) is 25.1. The molecule has 2 aromatic heterocycles. The number of ether oxygens (including phenoxy) is 1. The Morgan fingerprint density at radius 3 is 2.56 bits per heavy atom. The molecule has 0 saturated carbocycles. The van der Waals surface area contributed by atoms with Gasteiger partial charge < -0.3 is 19.7 Å². The summed E-state index contributed by atoms with van der Waals surface area (Å²) in [7, 11) is 0. The van der Waals surface area contributed by atoms with Gasteiger partial charge in [0, 0.05) is 25.4 Å². The van der Waals surface area contributed by atoms with Gasteiger partial charge in [-0.2, -0.15) is 4.73 Å². The second kappa shape index (κ2) is 6.00. The van der Waals surface area contributed by atoms with Gasteiger partial charge in [-0.3, -0.25) is 0 Å². The maximum atomic E-state index is 14.4. The summed E-state index contributed by atoms with van der Waals surface area (Å²) in [4.78, 5) is 16.0. The van der Waals surface area contributed by atoms with Crippen molar-refractivity contribution in [2.24, 2.45) is 0 Å². The summed E-state index contributed by atoms with van der Waals surface area (Å²) in [5.41, 5.74) is -0.870. The Hall–Kier alpha value is -3.23. The van der Waals surface area contributed by atoms with E-state index >= 15 is 0 Å². The Bertz CT molecular complexity index is 970. The first-order chi connectivity index (χ1) is 11.8. The van der Waals surface area contributed by atoms with Gasteiger partial charge in [-0.1, -0.05) is 0 Å². The molecule has 0 amide bonds. The third-order valence-electron chi connectivity index (χ3n) is 3.65. The maximum absolute atomic E-state index is 14.4. The van der Waals surface area contributed by atoms with Crippen LogP contribution in [0.1, 0.15) is 30.0 Å². The van der Waals surface area contributed by atoms with Gasteiger partial charge in [0.1, 0.15) is 0 Å². The fourth-order valence-corrected chi connectivity index (χ4v) is 2.51. The number of halogens is 1. The van der Waals surface area contributed by atoms with Gasteiger partial charge in [-0.25, -0.2) is 14.2 Å². The molecule has 0 aliphatic carbocycles. The molecule has 0 saturated heterocycles. The number of fused-ring (bicyclic) bond motifs is 1. The molecule has 0 N–H and O–H groups in total. The second-order valence-corrected chi connectivity index (χ2v) is 5.74. The first kappa shape index (κ1) is 16.6. The van der Waals surface area contributed by atoms with Gasteiger partial charge in [0.15, 0.2) is 5.82 Å². The van der Waals surface area contributed by atoms with E-state index in [9.17, 15) is 19.6 Å². The number of benzene rings is 1. The van der Waals surface area contributed by atoms with Crippen LogP contribution in [0.5, 0.6) is 0 Å². The fraction of sp³-hybridized carbons (Fsp3) is 0.250. The number of esters is 1. The monoisotopic (exact) mass is 346 g/mol. The van der Waals surface area contributed by atoms with Crippen LogP contribution < -0.4 is 9.46 Å². The number of hydrogen-bond acceptors (Lipinski definition) is 5. The van der Waals surface area contributed by atoms with Crippen molar-refractivity contribution >= 4 is 17.0 Å². The molecule has 0 aliphatic rings.